The van der Waals surface area contributed by atoms with Crippen molar-refractivity contribution in [1.82, 2.24) is 20.0 Å². The first-order chi connectivity index (χ1) is 13.6. The molecule has 2 atom stereocenters. The van der Waals surface area contributed by atoms with Crippen molar-refractivity contribution in [2.75, 3.05) is 19.6 Å². The van der Waals surface area contributed by atoms with Gasteiger partial charge in [0.1, 0.15) is 5.82 Å². The standard InChI is InChI=1S/C22H27FN4O/c1-14-20(21(25-24-14)17-5-6-17)22(28)27-12-16-4-9-19(27)13-26(11-16)10-15-2-7-18(23)8-3-15/h2-3,7-8,16-17,19H,4-6,9-13H2,1H3,(H,24,25)/t16-,19+/m0/s1. The van der Waals surface area contributed by atoms with Gasteiger partial charge in [-0.15, -0.1) is 0 Å². The third kappa shape index (κ3) is 3.34. The second kappa shape index (κ2) is 6.99. The molecule has 4 aliphatic rings. The molecular formula is C22H27FN4O. The first-order valence-electron chi connectivity index (χ1n) is 10.4. The number of hydrogen-bond acceptors (Lipinski definition) is 3. The Hall–Kier alpha value is -2.21. The Balaban J connectivity index is 1.35. The Morgan fingerprint density at radius 1 is 1.14 bits per heavy atom. The number of rotatable bonds is 4. The van der Waals surface area contributed by atoms with Gasteiger partial charge in [-0.2, -0.15) is 5.10 Å². The Morgan fingerprint density at radius 3 is 2.68 bits per heavy atom. The Bertz CT molecular complexity index is 873. The molecule has 0 spiro atoms. The summed E-state index contributed by atoms with van der Waals surface area (Å²) in [5.41, 5.74) is 3.82. The first-order valence-corrected chi connectivity index (χ1v) is 10.4. The van der Waals surface area contributed by atoms with Gasteiger partial charge in [0.2, 0.25) is 0 Å². The second-order valence-electron chi connectivity index (χ2n) is 8.76. The lowest BCUT2D eigenvalue weighted by Gasteiger charge is -2.36. The highest BCUT2D eigenvalue weighted by molar-refractivity contribution is 5.97. The zero-order chi connectivity index (χ0) is 19.3. The topological polar surface area (TPSA) is 52.2 Å². The Morgan fingerprint density at radius 2 is 1.93 bits per heavy atom. The van der Waals surface area contributed by atoms with E-state index in [0.29, 0.717) is 11.8 Å². The minimum absolute atomic E-state index is 0.159. The molecule has 1 saturated carbocycles. The average Bonchev–Trinajstić information content (AvgIpc) is 3.50. The molecule has 1 amide bonds. The molecule has 1 N–H and O–H groups in total. The Labute approximate surface area is 164 Å². The normalized spacial score (nSPS) is 25.1. The molecule has 0 unspecified atom stereocenters. The van der Waals surface area contributed by atoms with E-state index in [4.69, 9.17) is 0 Å². The third-order valence-electron chi connectivity index (χ3n) is 6.52. The van der Waals surface area contributed by atoms with Crippen LogP contribution in [0.5, 0.6) is 0 Å². The third-order valence-corrected chi connectivity index (χ3v) is 6.52. The van der Waals surface area contributed by atoms with E-state index in [-0.39, 0.29) is 17.8 Å². The second-order valence-corrected chi connectivity index (χ2v) is 8.76. The maximum absolute atomic E-state index is 13.5. The van der Waals surface area contributed by atoms with Crippen LogP contribution in [0.4, 0.5) is 4.39 Å². The number of hydrogen-bond donors (Lipinski definition) is 1. The van der Waals surface area contributed by atoms with E-state index in [9.17, 15) is 9.18 Å². The number of nitrogens with zero attached hydrogens (tertiary/aromatic N) is 3. The number of fused-ring (bicyclic) bond motifs is 4. The van der Waals surface area contributed by atoms with E-state index in [1.165, 1.54) is 18.6 Å². The number of halogens is 1. The van der Waals surface area contributed by atoms with Crippen LogP contribution in [0.2, 0.25) is 0 Å². The van der Waals surface area contributed by atoms with Crippen LogP contribution in [0.1, 0.15) is 58.9 Å². The zero-order valence-electron chi connectivity index (χ0n) is 16.3. The molecular weight excluding hydrogens is 355 g/mol. The number of aromatic amines is 1. The number of amides is 1. The fourth-order valence-corrected chi connectivity index (χ4v) is 4.92. The highest BCUT2D eigenvalue weighted by Gasteiger charge is 2.40. The summed E-state index contributed by atoms with van der Waals surface area (Å²) in [5.74, 6) is 0.924. The molecule has 3 aliphatic heterocycles. The molecule has 5 nitrogen and oxygen atoms in total. The van der Waals surface area contributed by atoms with E-state index in [0.717, 1.165) is 68.0 Å². The highest BCUT2D eigenvalue weighted by Crippen LogP contribution is 2.42. The van der Waals surface area contributed by atoms with Crippen LogP contribution in [0, 0.1) is 18.7 Å². The summed E-state index contributed by atoms with van der Waals surface area (Å²) in [6.07, 6.45) is 4.52. The molecule has 6 heteroatoms. The molecule has 28 heavy (non-hydrogen) atoms. The average molecular weight is 382 g/mol. The van der Waals surface area contributed by atoms with Gasteiger partial charge in [0.25, 0.3) is 5.91 Å². The predicted octanol–water partition coefficient (Wildman–Crippen LogP) is 3.47. The van der Waals surface area contributed by atoms with E-state index in [2.05, 4.69) is 20.0 Å². The van der Waals surface area contributed by atoms with Crippen LogP contribution >= 0.6 is 0 Å². The summed E-state index contributed by atoms with van der Waals surface area (Å²) in [5, 5.41) is 7.49. The number of benzene rings is 1. The van der Waals surface area contributed by atoms with E-state index < -0.39 is 0 Å². The first kappa shape index (κ1) is 17.9. The number of aryl methyl sites for hydroxylation is 1. The van der Waals surface area contributed by atoms with Crippen LogP contribution < -0.4 is 0 Å². The van der Waals surface area contributed by atoms with Gasteiger partial charge in [0, 0.05) is 43.8 Å². The maximum Gasteiger partial charge on any atom is 0.257 e. The molecule has 148 valence electrons. The predicted molar refractivity (Wildman–Crippen MR) is 105 cm³/mol. The number of carbonyl (C=O) groups excluding carboxylic acids is 1. The van der Waals surface area contributed by atoms with Gasteiger partial charge in [-0.05, 0) is 56.2 Å². The monoisotopic (exact) mass is 382 g/mol. The molecule has 1 aromatic carbocycles. The lowest BCUT2D eigenvalue weighted by molar-refractivity contribution is 0.0583. The van der Waals surface area contributed by atoms with Crippen LogP contribution in [0.25, 0.3) is 0 Å². The van der Waals surface area contributed by atoms with Crippen molar-refractivity contribution >= 4 is 5.91 Å². The quantitative estimate of drug-likeness (QED) is 0.881. The van der Waals surface area contributed by atoms with Crippen molar-refractivity contribution in [1.29, 1.82) is 0 Å². The fourth-order valence-electron chi connectivity index (χ4n) is 4.92. The van der Waals surface area contributed by atoms with Crippen molar-refractivity contribution in [2.24, 2.45) is 5.92 Å². The van der Waals surface area contributed by atoms with Crippen LogP contribution in [0.15, 0.2) is 24.3 Å². The Kier molecular flexibility index (Phi) is 4.46. The maximum atomic E-state index is 13.5. The van der Waals surface area contributed by atoms with Crippen molar-refractivity contribution in [3.05, 3.63) is 52.6 Å². The van der Waals surface area contributed by atoms with Crippen molar-refractivity contribution in [2.45, 2.75) is 51.1 Å². The summed E-state index contributed by atoms with van der Waals surface area (Å²) >= 11 is 0. The van der Waals surface area contributed by atoms with Gasteiger partial charge in [-0.25, -0.2) is 4.39 Å². The molecule has 1 aliphatic carbocycles. The summed E-state index contributed by atoms with van der Waals surface area (Å²) < 4.78 is 13.2. The summed E-state index contributed by atoms with van der Waals surface area (Å²) in [4.78, 5) is 18.0. The molecule has 4 fully saturated rings. The summed E-state index contributed by atoms with van der Waals surface area (Å²) in [6.45, 7) is 5.49. The smallest absolute Gasteiger partial charge is 0.257 e. The molecule has 0 radical (unpaired) electrons. The molecule has 2 bridgehead atoms. The van der Waals surface area contributed by atoms with Crippen LogP contribution in [-0.2, 0) is 6.54 Å². The SMILES string of the molecule is Cc1[nH]nc(C2CC2)c1C(=O)N1C[C@H]2CC[C@@H]1CN(Cc1ccc(F)cc1)C2. The van der Waals surface area contributed by atoms with Gasteiger partial charge in [-0.1, -0.05) is 12.1 Å². The van der Waals surface area contributed by atoms with E-state index in [1.807, 2.05) is 19.1 Å². The van der Waals surface area contributed by atoms with Crippen molar-refractivity contribution in [3.8, 4) is 0 Å². The van der Waals surface area contributed by atoms with Crippen molar-refractivity contribution in [3.63, 3.8) is 0 Å². The summed E-state index contributed by atoms with van der Waals surface area (Å²) in [6, 6.07) is 7.02. The van der Waals surface area contributed by atoms with Gasteiger partial charge < -0.3 is 4.90 Å². The van der Waals surface area contributed by atoms with E-state index >= 15 is 0 Å². The molecule has 1 aromatic heterocycles. The minimum atomic E-state index is -0.196. The number of H-pyrrole nitrogens is 1. The summed E-state index contributed by atoms with van der Waals surface area (Å²) in [7, 11) is 0. The number of carbonyl (C=O) groups is 1. The number of aromatic nitrogens is 2. The van der Waals surface area contributed by atoms with Gasteiger partial charge in [-0.3, -0.25) is 14.8 Å². The molecule has 4 heterocycles. The fraction of sp³-hybridized carbons (Fsp3) is 0.545. The minimum Gasteiger partial charge on any atom is -0.334 e. The van der Waals surface area contributed by atoms with E-state index in [1.54, 1.807) is 0 Å². The van der Waals surface area contributed by atoms with Gasteiger partial charge in [0.15, 0.2) is 0 Å². The number of nitrogens with one attached hydrogen (secondary N) is 1. The lowest BCUT2D eigenvalue weighted by atomic mass is 9.94. The molecule has 3 saturated heterocycles. The van der Waals surface area contributed by atoms with Crippen LogP contribution in [0.3, 0.4) is 0 Å². The molecule has 2 aromatic rings. The highest BCUT2D eigenvalue weighted by atomic mass is 19.1. The van der Waals surface area contributed by atoms with Crippen molar-refractivity contribution < 1.29 is 9.18 Å². The lowest BCUT2D eigenvalue weighted by Crippen LogP contribution is -2.47. The molecule has 6 rings (SSSR count). The van der Waals surface area contributed by atoms with Gasteiger partial charge in [0.05, 0.1) is 11.3 Å². The largest absolute Gasteiger partial charge is 0.334 e. The zero-order valence-corrected chi connectivity index (χ0v) is 16.3. The number of piperidine rings is 1. The van der Waals surface area contributed by atoms with Crippen LogP contribution in [-0.4, -0.2) is 51.6 Å². The van der Waals surface area contributed by atoms with Gasteiger partial charge >= 0.3 is 0 Å².